The molecule has 1 unspecified atom stereocenters. The van der Waals surface area contributed by atoms with Crippen molar-refractivity contribution in [3.05, 3.63) is 0 Å². The van der Waals surface area contributed by atoms with Gasteiger partial charge in [-0.3, -0.25) is 4.79 Å². The zero-order valence-electron chi connectivity index (χ0n) is 8.93. The van der Waals surface area contributed by atoms with Crippen LogP contribution >= 0.6 is 0 Å². The highest BCUT2D eigenvalue weighted by Crippen LogP contribution is 2.34. The minimum absolute atomic E-state index is 0.000269. The molecule has 1 saturated heterocycles. The highest BCUT2D eigenvalue weighted by Gasteiger charge is 2.60. The molecule has 0 aromatic carbocycles. The number of carbonyl (C=O) groups excluding carboxylic acids is 1. The Morgan fingerprint density at radius 2 is 2.07 bits per heavy atom. The summed E-state index contributed by atoms with van der Waals surface area (Å²) in [4.78, 5) is 11.4. The number of hydrogen-bond acceptors (Lipinski definition) is 5. The predicted molar refractivity (Wildman–Crippen MR) is 52.6 cm³/mol. The Balaban J connectivity index is 2.72. The number of aliphatic hydroxyl groups excluding tert-OH is 1. The van der Waals surface area contributed by atoms with Crippen LogP contribution in [0, 0.1) is 0 Å². The maximum absolute atomic E-state index is 11.6. The van der Waals surface area contributed by atoms with Gasteiger partial charge in [0, 0.05) is 7.11 Å². The van der Waals surface area contributed by atoms with E-state index in [1.54, 1.807) is 0 Å². The van der Waals surface area contributed by atoms with E-state index in [1.165, 1.54) is 21.0 Å². The average molecular weight is 237 g/mol. The third-order valence-electron chi connectivity index (χ3n) is 2.41. The number of methoxy groups -OCH3 is 1. The first-order valence-corrected chi connectivity index (χ1v) is 5.93. The molecule has 1 fully saturated rings. The molecule has 0 aromatic rings. The van der Waals surface area contributed by atoms with E-state index < -0.39 is 26.8 Å². The van der Waals surface area contributed by atoms with Crippen molar-refractivity contribution in [1.82, 2.24) is 4.31 Å². The molecule has 0 spiro atoms. The SMILES string of the molecule is COCC(O)CN1C(=O)C(C)(C)S1(=O)=O. The number of hydrogen-bond donors (Lipinski definition) is 1. The molecule has 15 heavy (non-hydrogen) atoms. The second-order valence-corrected chi connectivity index (χ2v) is 6.37. The third-order valence-corrected chi connectivity index (χ3v) is 4.77. The summed E-state index contributed by atoms with van der Waals surface area (Å²) in [5.41, 5.74) is 0. The first-order chi connectivity index (χ1) is 6.75. The van der Waals surface area contributed by atoms with Crippen molar-refractivity contribution < 1.29 is 23.1 Å². The van der Waals surface area contributed by atoms with Gasteiger partial charge in [-0.25, -0.2) is 12.7 Å². The summed E-state index contributed by atoms with van der Waals surface area (Å²) in [7, 11) is -2.21. The third kappa shape index (κ3) is 1.75. The van der Waals surface area contributed by atoms with Crippen LogP contribution in [0.5, 0.6) is 0 Å². The van der Waals surface area contributed by atoms with Crippen molar-refractivity contribution in [3.63, 3.8) is 0 Å². The monoisotopic (exact) mass is 237 g/mol. The molecule has 1 N–H and O–H groups in total. The molecule has 7 heteroatoms. The van der Waals surface area contributed by atoms with Gasteiger partial charge in [-0.2, -0.15) is 0 Å². The van der Waals surface area contributed by atoms with E-state index in [2.05, 4.69) is 4.74 Å². The fourth-order valence-corrected chi connectivity index (χ4v) is 2.94. The fourth-order valence-electron chi connectivity index (χ4n) is 1.37. The lowest BCUT2D eigenvalue weighted by Gasteiger charge is -2.43. The number of nitrogens with zero attached hydrogens (tertiary/aromatic N) is 1. The summed E-state index contributed by atoms with van der Waals surface area (Å²) in [5, 5.41) is 9.32. The van der Waals surface area contributed by atoms with Gasteiger partial charge in [0.2, 0.25) is 0 Å². The number of sulfonamides is 1. The summed E-state index contributed by atoms with van der Waals surface area (Å²) in [6, 6.07) is 0. The van der Waals surface area contributed by atoms with Gasteiger partial charge < -0.3 is 9.84 Å². The van der Waals surface area contributed by atoms with Gasteiger partial charge in [0.05, 0.1) is 19.3 Å². The predicted octanol–water partition coefficient (Wildman–Crippen LogP) is -1.06. The van der Waals surface area contributed by atoms with Crippen molar-refractivity contribution in [1.29, 1.82) is 0 Å². The molecule has 0 aromatic heterocycles. The molecule has 1 amide bonds. The van der Waals surface area contributed by atoms with Crippen LogP contribution in [0.4, 0.5) is 0 Å². The van der Waals surface area contributed by atoms with Crippen LogP contribution in [-0.4, -0.2) is 54.8 Å². The molecule has 1 heterocycles. The highest BCUT2D eigenvalue weighted by molar-refractivity contribution is 7.94. The molecule has 0 bridgehead atoms. The fraction of sp³-hybridized carbons (Fsp3) is 0.875. The maximum atomic E-state index is 11.6. The zero-order chi connectivity index (χ0) is 11.9. The average Bonchev–Trinajstić information content (AvgIpc) is 2.13. The van der Waals surface area contributed by atoms with Crippen molar-refractivity contribution in [2.75, 3.05) is 20.3 Å². The molecule has 6 nitrogen and oxygen atoms in total. The molecule has 1 rings (SSSR count). The first-order valence-electron chi connectivity index (χ1n) is 4.49. The van der Waals surface area contributed by atoms with Crippen molar-refractivity contribution in [3.8, 4) is 0 Å². The minimum Gasteiger partial charge on any atom is -0.389 e. The Kier molecular flexibility index (Phi) is 3.09. The van der Waals surface area contributed by atoms with Crippen LogP contribution in [0.1, 0.15) is 13.8 Å². The number of aliphatic hydroxyl groups is 1. The topological polar surface area (TPSA) is 83.9 Å². The minimum atomic E-state index is -3.59. The number of ether oxygens (including phenoxy) is 1. The number of rotatable bonds is 4. The molecular weight excluding hydrogens is 222 g/mol. The van der Waals surface area contributed by atoms with E-state index >= 15 is 0 Å². The van der Waals surface area contributed by atoms with Crippen LogP contribution in [0.25, 0.3) is 0 Å². The zero-order valence-corrected chi connectivity index (χ0v) is 9.74. The number of β-amino-alcohol motifs (C(OH)–C–C–N with tert-alkyl or cyclic N) is 1. The van der Waals surface area contributed by atoms with Gasteiger partial charge in [0.25, 0.3) is 15.9 Å². The largest absolute Gasteiger partial charge is 0.389 e. The second-order valence-electron chi connectivity index (χ2n) is 3.96. The van der Waals surface area contributed by atoms with Gasteiger partial charge in [-0.15, -0.1) is 0 Å². The lowest BCUT2D eigenvalue weighted by molar-refractivity contribution is -0.133. The van der Waals surface area contributed by atoms with Gasteiger partial charge >= 0.3 is 0 Å². The maximum Gasteiger partial charge on any atom is 0.258 e. The smallest absolute Gasteiger partial charge is 0.258 e. The molecule has 0 radical (unpaired) electrons. The van der Waals surface area contributed by atoms with Crippen LogP contribution < -0.4 is 0 Å². The van der Waals surface area contributed by atoms with E-state index in [9.17, 15) is 18.3 Å². The van der Waals surface area contributed by atoms with E-state index in [-0.39, 0.29) is 13.2 Å². The molecular formula is C8H15NO5S. The summed E-state index contributed by atoms with van der Waals surface area (Å²) in [5.74, 6) is -0.488. The molecule has 1 atom stereocenters. The van der Waals surface area contributed by atoms with E-state index in [0.29, 0.717) is 4.31 Å². The van der Waals surface area contributed by atoms with Gasteiger partial charge in [0.15, 0.2) is 4.75 Å². The number of carbonyl (C=O) groups is 1. The van der Waals surface area contributed by atoms with Gasteiger partial charge in [-0.05, 0) is 13.8 Å². The first kappa shape index (κ1) is 12.4. The summed E-state index contributed by atoms with van der Waals surface area (Å²) >= 11 is 0. The molecule has 0 saturated carbocycles. The normalized spacial score (nSPS) is 24.8. The Labute approximate surface area is 88.9 Å². The molecule has 88 valence electrons. The Morgan fingerprint density at radius 1 is 1.53 bits per heavy atom. The summed E-state index contributed by atoms with van der Waals surface area (Å²) in [6.07, 6.45) is -0.982. The highest BCUT2D eigenvalue weighted by atomic mass is 32.2. The van der Waals surface area contributed by atoms with E-state index in [0.717, 1.165) is 0 Å². The van der Waals surface area contributed by atoms with Crippen LogP contribution in [0.2, 0.25) is 0 Å². The van der Waals surface area contributed by atoms with Crippen LogP contribution in [0.15, 0.2) is 0 Å². The lowest BCUT2D eigenvalue weighted by atomic mass is 10.2. The molecule has 0 aliphatic carbocycles. The van der Waals surface area contributed by atoms with Crippen molar-refractivity contribution >= 4 is 15.9 Å². The van der Waals surface area contributed by atoms with Crippen molar-refractivity contribution in [2.24, 2.45) is 0 Å². The Morgan fingerprint density at radius 3 is 2.47 bits per heavy atom. The van der Waals surface area contributed by atoms with Gasteiger partial charge in [0.1, 0.15) is 0 Å². The summed E-state index contributed by atoms with van der Waals surface area (Å²) in [6.45, 7) is 2.46. The van der Waals surface area contributed by atoms with E-state index in [1.807, 2.05) is 0 Å². The van der Waals surface area contributed by atoms with E-state index in [4.69, 9.17) is 0 Å². The Hall–Kier alpha value is -0.660. The number of amides is 1. The quantitative estimate of drug-likeness (QED) is 0.674. The second kappa shape index (κ2) is 3.73. The Bertz CT molecular complexity index is 361. The standard InChI is InChI=1S/C8H15NO5S/c1-8(2)7(11)9(15(8,12)13)4-6(10)5-14-3/h6,10H,4-5H2,1-3H3. The molecule has 1 aliphatic rings. The van der Waals surface area contributed by atoms with Crippen LogP contribution in [0.3, 0.4) is 0 Å². The van der Waals surface area contributed by atoms with Crippen LogP contribution in [-0.2, 0) is 19.6 Å². The summed E-state index contributed by atoms with van der Waals surface area (Å²) < 4.78 is 27.1. The van der Waals surface area contributed by atoms with Crippen molar-refractivity contribution in [2.45, 2.75) is 24.7 Å². The lowest BCUT2D eigenvalue weighted by Crippen LogP contribution is -2.68. The van der Waals surface area contributed by atoms with Gasteiger partial charge in [-0.1, -0.05) is 0 Å². The molecule has 1 aliphatic heterocycles.